The highest BCUT2D eigenvalue weighted by Crippen LogP contribution is 2.27. The van der Waals surface area contributed by atoms with Gasteiger partial charge in [-0.05, 0) is 26.6 Å². The molecule has 112 valence electrons. The molecule has 1 aliphatic rings. The molecule has 20 heavy (non-hydrogen) atoms. The summed E-state index contributed by atoms with van der Waals surface area (Å²) in [6, 6.07) is 6.13. The van der Waals surface area contributed by atoms with Gasteiger partial charge in [0, 0.05) is 43.0 Å². The van der Waals surface area contributed by atoms with E-state index < -0.39 is 0 Å². The second-order valence-electron chi connectivity index (χ2n) is 5.81. The van der Waals surface area contributed by atoms with Gasteiger partial charge in [-0.2, -0.15) is 0 Å². The number of likely N-dealkylation sites (tertiary alicyclic amines) is 1. The van der Waals surface area contributed by atoms with Gasteiger partial charge >= 0.3 is 0 Å². The van der Waals surface area contributed by atoms with Gasteiger partial charge in [0.1, 0.15) is 5.75 Å². The van der Waals surface area contributed by atoms with Crippen molar-refractivity contribution in [1.82, 2.24) is 9.80 Å². The van der Waals surface area contributed by atoms with Crippen molar-refractivity contribution in [2.75, 3.05) is 40.0 Å². The molecular weight excluding hydrogens is 254 g/mol. The Morgan fingerprint density at radius 3 is 2.85 bits per heavy atom. The van der Waals surface area contributed by atoms with Gasteiger partial charge in [-0.25, -0.2) is 0 Å². The van der Waals surface area contributed by atoms with E-state index in [4.69, 9.17) is 10.5 Å². The van der Waals surface area contributed by atoms with Crippen molar-refractivity contribution in [3.63, 3.8) is 0 Å². The number of hydrogen-bond donors (Lipinski definition) is 2. The zero-order chi connectivity index (χ0) is 14.7. The molecule has 5 nitrogen and oxygen atoms in total. The molecular formula is C15H25N3O2. The molecule has 0 bridgehead atoms. The minimum absolute atomic E-state index is 0.236. The third-order valence-corrected chi connectivity index (χ3v) is 3.77. The molecule has 0 amide bonds. The lowest BCUT2D eigenvalue weighted by Crippen LogP contribution is -2.37. The third kappa shape index (κ3) is 3.62. The van der Waals surface area contributed by atoms with Crippen LogP contribution in [0.2, 0.25) is 0 Å². The molecule has 0 aromatic heterocycles. The second kappa shape index (κ2) is 6.43. The number of anilines is 1. The van der Waals surface area contributed by atoms with Crippen molar-refractivity contribution < 1.29 is 9.84 Å². The number of β-amino-alcohol motifs (C(OH)–C–C–N with tert-alkyl or cyclic N) is 1. The summed E-state index contributed by atoms with van der Waals surface area (Å²) >= 11 is 0. The molecule has 1 aromatic carbocycles. The summed E-state index contributed by atoms with van der Waals surface area (Å²) in [6.45, 7) is 2.44. The van der Waals surface area contributed by atoms with E-state index in [1.807, 2.05) is 18.2 Å². The first kappa shape index (κ1) is 15.1. The maximum Gasteiger partial charge on any atom is 0.125 e. The average molecular weight is 279 g/mol. The fourth-order valence-corrected chi connectivity index (χ4v) is 2.87. The SMILES string of the molecule is COc1cc(N)ccc1CN1CC(O)CC1CN(C)C. The standard InChI is InChI=1S/C15H25N3O2/c1-17(2)9-13-7-14(19)10-18(13)8-11-4-5-12(16)6-15(11)20-3/h4-6,13-14,19H,7-10,16H2,1-3H3. The highest BCUT2D eigenvalue weighted by atomic mass is 16.5. The molecule has 1 heterocycles. The number of aliphatic hydroxyl groups is 1. The molecule has 1 aliphatic heterocycles. The van der Waals surface area contributed by atoms with Gasteiger partial charge in [0.15, 0.2) is 0 Å². The number of rotatable bonds is 5. The third-order valence-electron chi connectivity index (χ3n) is 3.77. The zero-order valence-electron chi connectivity index (χ0n) is 12.5. The highest BCUT2D eigenvalue weighted by molar-refractivity contribution is 5.48. The van der Waals surface area contributed by atoms with Crippen molar-refractivity contribution in [2.45, 2.75) is 25.1 Å². The maximum atomic E-state index is 9.92. The van der Waals surface area contributed by atoms with Crippen LogP contribution in [0.5, 0.6) is 5.75 Å². The lowest BCUT2D eigenvalue weighted by atomic mass is 10.1. The minimum atomic E-state index is -0.236. The highest BCUT2D eigenvalue weighted by Gasteiger charge is 2.31. The number of nitrogens with two attached hydrogens (primary N) is 1. The van der Waals surface area contributed by atoms with Crippen LogP contribution in [-0.2, 0) is 6.54 Å². The number of nitrogen functional groups attached to an aromatic ring is 1. The molecule has 1 fully saturated rings. The number of methoxy groups -OCH3 is 1. The lowest BCUT2D eigenvalue weighted by molar-refractivity contribution is 0.168. The van der Waals surface area contributed by atoms with Gasteiger partial charge in [-0.1, -0.05) is 6.07 Å². The van der Waals surface area contributed by atoms with E-state index in [0.717, 1.165) is 30.8 Å². The minimum Gasteiger partial charge on any atom is -0.496 e. The van der Waals surface area contributed by atoms with Crippen molar-refractivity contribution in [1.29, 1.82) is 0 Å². The van der Waals surface area contributed by atoms with E-state index in [2.05, 4.69) is 23.9 Å². The van der Waals surface area contributed by atoms with Crippen molar-refractivity contribution in [3.8, 4) is 5.75 Å². The molecule has 1 saturated heterocycles. The summed E-state index contributed by atoms with van der Waals surface area (Å²) in [4.78, 5) is 4.48. The Morgan fingerprint density at radius 1 is 1.45 bits per heavy atom. The van der Waals surface area contributed by atoms with E-state index in [0.29, 0.717) is 18.3 Å². The summed E-state index contributed by atoms with van der Waals surface area (Å²) in [5.74, 6) is 0.815. The largest absolute Gasteiger partial charge is 0.496 e. The molecule has 0 saturated carbocycles. The first-order valence-corrected chi connectivity index (χ1v) is 6.99. The number of likely N-dealkylation sites (N-methyl/N-ethyl adjacent to an activating group) is 1. The molecule has 2 unspecified atom stereocenters. The smallest absolute Gasteiger partial charge is 0.125 e. The fraction of sp³-hybridized carbons (Fsp3) is 0.600. The predicted molar refractivity (Wildman–Crippen MR) is 80.8 cm³/mol. The molecule has 0 aliphatic carbocycles. The molecule has 0 spiro atoms. The Labute approximate surface area is 120 Å². The molecule has 3 N–H and O–H groups in total. The van der Waals surface area contributed by atoms with Gasteiger partial charge in [0.25, 0.3) is 0 Å². The average Bonchev–Trinajstić information content (AvgIpc) is 2.70. The van der Waals surface area contributed by atoms with Crippen LogP contribution in [0.3, 0.4) is 0 Å². The summed E-state index contributed by atoms with van der Waals surface area (Å²) in [5, 5.41) is 9.92. The molecule has 2 rings (SSSR count). The normalized spacial score (nSPS) is 23.4. The van der Waals surface area contributed by atoms with Gasteiger partial charge in [0.05, 0.1) is 13.2 Å². The predicted octanol–water partition coefficient (Wildman–Crippen LogP) is 0.774. The molecule has 2 atom stereocenters. The van der Waals surface area contributed by atoms with E-state index in [-0.39, 0.29) is 6.10 Å². The molecule has 0 radical (unpaired) electrons. The van der Waals surface area contributed by atoms with E-state index in [1.165, 1.54) is 0 Å². The number of hydrogen-bond acceptors (Lipinski definition) is 5. The topological polar surface area (TPSA) is 62.0 Å². The lowest BCUT2D eigenvalue weighted by Gasteiger charge is -2.27. The zero-order valence-corrected chi connectivity index (χ0v) is 12.5. The van der Waals surface area contributed by atoms with Crippen molar-refractivity contribution in [3.05, 3.63) is 23.8 Å². The Morgan fingerprint density at radius 2 is 2.20 bits per heavy atom. The van der Waals surface area contributed by atoms with Crippen LogP contribution in [-0.4, -0.2) is 61.3 Å². The van der Waals surface area contributed by atoms with E-state index in [1.54, 1.807) is 7.11 Å². The summed E-state index contributed by atoms with van der Waals surface area (Å²) in [7, 11) is 5.79. The summed E-state index contributed by atoms with van der Waals surface area (Å²) in [6.07, 6.45) is 0.592. The van der Waals surface area contributed by atoms with E-state index >= 15 is 0 Å². The first-order valence-electron chi connectivity index (χ1n) is 6.99. The quantitative estimate of drug-likeness (QED) is 0.780. The van der Waals surface area contributed by atoms with Crippen molar-refractivity contribution in [2.24, 2.45) is 0 Å². The fourth-order valence-electron chi connectivity index (χ4n) is 2.87. The Balaban J connectivity index is 2.11. The van der Waals surface area contributed by atoms with E-state index in [9.17, 15) is 5.11 Å². The second-order valence-corrected chi connectivity index (χ2v) is 5.81. The van der Waals surface area contributed by atoms with Crippen LogP contribution in [0.1, 0.15) is 12.0 Å². The maximum absolute atomic E-state index is 9.92. The van der Waals surface area contributed by atoms with Crippen LogP contribution in [0.15, 0.2) is 18.2 Å². The first-order chi connectivity index (χ1) is 9.49. The van der Waals surface area contributed by atoms with Crippen LogP contribution in [0.25, 0.3) is 0 Å². The number of aliphatic hydroxyl groups excluding tert-OH is 1. The number of ether oxygens (including phenoxy) is 1. The van der Waals surface area contributed by atoms with Crippen LogP contribution < -0.4 is 10.5 Å². The number of nitrogens with zero attached hydrogens (tertiary/aromatic N) is 2. The van der Waals surface area contributed by atoms with Gasteiger partial charge in [-0.15, -0.1) is 0 Å². The van der Waals surface area contributed by atoms with Crippen LogP contribution in [0, 0.1) is 0 Å². The van der Waals surface area contributed by atoms with Gasteiger partial charge in [0.2, 0.25) is 0 Å². The Hall–Kier alpha value is -1.30. The summed E-state index contributed by atoms with van der Waals surface area (Å²) in [5.41, 5.74) is 7.60. The monoisotopic (exact) mass is 279 g/mol. The van der Waals surface area contributed by atoms with Gasteiger partial charge < -0.3 is 20.5 Å². The molecule has 1 aromatic rings. The van der Waals surface area contributed by atoms with Crippen LogP contribution in [0.4, 0.5) is 5.69 Å². The van der Waals surface area contributed by atoms with Gasteiger partial charge in [-0.3, -0.25) is 4.90 Å². The summed E-state index contributed by atoms with van der Waals surface area (Å²) < 4.78 is 5.40. The van der Waals surface area contributed by atoms with Crippen LogP contribution >= 0.6 is 0 Å². The van der Waals surface area contributed by atoms with Crippen molar-refractivity contribution >= 4 is 5.69 Å². The Bertz CT molecular complexity index is 451. The number of benzene rings is 1. The Kier molecular flexibility index (Phi) is 4.86. The molecule has 5 heteroatoms.